The number of aromatic nitrogens is 1. The van der Waals surface area contributed by atoms with Gasteiger partial charge in [0.05, 0.1) is 18.3 Å². The maximum Gasteiger partial charge on any atom is 0.407 e. The van der Waals surface area contributed by atoms with Crippen molar-refractivity contribution in [1.29, 1.82) is 0 Å². The number of rotatable bonds is 3. The van der Waals surface area contributed by atoms with Gasteiger partial charge in [-0.2, -0.15) is 0 Å². The third kappa shape index (κ3) is 2.20. The number of alkyl carbamates (subject to hydrolysis) is 1. The first-order chi connectivity index (χ1) is 8.81. The van der Waals surface area contributed by atoms with Gasteiger partial charge in [-0.1, -0.05) is 18.2 Å². The number of cyclic esters (lactones) is 1. The van der Waals surface area contributed by atoms with E-state index < -0.39 is 0 Å². The summed E-state index contributed by atoms with van der Waals surface area (Å²) in [6.07, 6.45) is 1.05. The molecule has 1 aromatic heterocycles. The molecule has 0 spiro atoms. The van der Waals surface area contributed by atoms with Gasteiger partial charge < -0.3 is 14.8 Å². The molecule has 0 bridgehead atoms. The smallest absolute Gasteiger partial charge is 0.407 e. The van der Waals surface area contributed by atoms with Crippen LogP contribution < -0.4 is 10.1 Å². The van der Waals surface area contributed by atoms with E-state index in [4.69, 9.17) is 9.47 Å². The minimum atomic E-state index is -0.389. The lowest BCUT2D eigenvalue weighted by Crippen LogP contribution is -2.21. The van der Waals surface area contributed by atoms with Crippen molar-refractivity contribution in [2.45, 2.75) is 6.10 Å². The number of amides is 1. The SMILES string of the molecule is O=C1NCC(COc2cnc3ccccc3c2)O1. The molecule has 0 saturated carbocycles. The first kappa shape index (κ1) is 10.8. The molecule has 18 heavy (non-hydrogen) atoms. The van der Waals surface area contributed by atoms with E-state index in [0.29, 0.717) is 18.9 Å². The van der Waals surface area contributed by atoms with Crippen LogP contribution >= 0.6 is 0 Å². The summed E-state index contributed by atoms with van der Waals surface area (Å²) in [6, 6.07) is 9.75. The van der Waals surface area contributed by atoms with Crippen molar-refractivity contribution in [3.05, 3.63) is 36.5 Å². The van der Waals surface area contributed by atoms with E-state index >= 15 is 0 Å². The van der Waals surface area contributed by atoms with E-state index in [1.807, 2.05) is 30.3 Å². The largest absolute Gasteiger partial charge is 0.488 e. The Hall–Kier alpha value is -2.30. The van der Waals surface area contributed by atoms with Gasteiger partial charge in [0.2, 0.25) is 0 Å². The number of benzene rings is 1. The Kier molecular flexibility index (Phi) is 2.72. The van der Waals surface area contributed by atoms with E-state index in [2.05, 4.69) is 10.3 Å². The van der Waals surface area contributed by atoms with Crippen molar-refractivity contribution >= 4 is 17.0 Å². The van der Waals surface area contributed by atoms with Crippen molar-refractivity contribution in [2.75, 3.05) is 13.2 Å². The van der Waals surface area contributed by atoms with Crippen LogP contribution in [0.1, 0.15) is 0 Å². The van der Waals surface area contributed by atoms with E-state index in [1.54, 1.807) is 6.20 Å². The second-order valence-corrected chi connectivity index (χ2v) is 4.08. The Morgan fingerprint density at radius 3 is 3.17 bits per heavy atom. The molecule has 1 amide bonds. The first-order valence-corrected chi connectivity index (χ1v) is 5.73. The molecule has 2 heterocycles. The fraction of sp³-hybridized carbons (Fsp3) is 0.231. The van der Waals surface area contributed by atoms with Gasteiger partial charge in [-0.15, -0.1) is 0 Å². The van der Waals surface area contributed by atoms with Gasteiger partial charge in [-0.3, -0.25) is 4.98 Å². The molecule has 5 nitrogen and oxygen atoms in total. The molecule has 1 atom stereocenters. The van der Waals surface area contributed by atoms with Gasteiger partial charge in [0.15, 0.2) is 6.10 Å². The molecule has 1 aliphatic heterocycles. The number of nitrogens with one attached hydrogen (secondary N) is 1. The molecule has 0 aliphatic carbocycles. The van der Waals surface area contributed by atoms with Crippen LogP contribution in [0.4, 0.5) is 4.79 Å². The molecule has 1 aliphatic rings. The number of carbonyl (C=O) groups is 1. The maximum absolute atomic E-state index is 10.8. The second kappa shape index (κ2) is 4.52. The molecular weight excluding hydrogens is 232 g/mol. The lowest BCUT2D eigenvalue weighted by Gasteiger charge is -2.10. The summed E-state index contributed by atoms with van der Waals surface area (Å²) in [4.78, 5) is 15.1. The summed E-state index contributed by atoms with van der Waals surface area (Å²) >= 11 is 0. The van der Waals surface area contributed by atoms with Crippen LogP contribution in [0.5, 0.6) is 5.75 Å². The number of pyridine rings is 1. The van der Waals surface area contributed by atoms with Gasteiger partial charge in [0.25, 0.3) is 0 Å². The molecule has 1 saturated heterocycles. The van der Waals surface area contributed by atoms with E-state index in [9.17, 15) is 4.79 Å². The van der Waals surface area contributed by atoms with Crippen LogP contribution in [0.3, 0.4) is 0 Å². The first-order valence-electron chi connectivity index (χ1n) is 5.73. The van der Waals surface area contributed by atoms with Crippen molar-refractivity contribution in [3.63, 3.8) is 0 Å². The summed E-state index contributed by atoms with van der Waals surface area (Å²) < 4.78 is 10.5. The Balaban J connectivity index is 1.69. The summed E-state index contributed by atoms with van der Waals surface area (Å²) in [5, 5.41) is 3.60. The number of hydrogen-bond acceptors (Lipinski definition) is 4. The standard InChI is InChI=1S/C13H12N2O3/c16-13-15-7-11(18-13)8-17-10-5-9-3-1-2-4-12(9)14-6-10/h1-6,11H,7-8H2,(H,15,16). The van der Waals surface area contributed by atoms with E-state index in [-0.39, 0.29) is 12.2 Å². The minimum absolute atomic E-state index is 0.232. The van der Waals surface area contributed by atoms with Crippen molar-refractivity contribution < 1.29 is 14.3 Å². The highest BCUT2D eigenvalue weighted by molar-refractivity contribution is 5.79. The number of ether oxygens (including phenoxy) is 2. The third-order valence-corrected chi connectivity index (χ3v) is 2.75. The number of para-hydroxylation sites is 1. The van der Waals surface area contributed by atoms with Crippen LogP contribution in [-0.4, -0.2) is 30.3 Å². The molecule has 1 fully saturated rings. The molecule has 5 heteroatoms. The lowest BCUT2D eigenvalue weighted by molar-refractivity contribution is 0.105. The number of carbonyl (C=O) groups excluding carboxylic acids is 1. The Morgan fingerprint density at radius 2 is 2.33 bits per heavy atom. The third-order valence-electron chi connectivity index (χ3n) is 2.75. The van der Waals surface area contributed by atoms with Crippen LogP contribution in [0, 0.1) is 0 Å². The van der Waals surface area contributed by atoms with Crippen LogP contribution in [0.15, 0.2) is 36.5 Å². The summed E-state index contributed by atoms with van der Waals surface area (Å²) in [5.41, 5.74) is 0.929. The molecule has 2 aromatic rings. The normalized spacial score (nSPS) is 18.4. The van der Waals surface area contributed by atoms with E-state index in [0.717, 1.165) is 10.9 Å². The van der Waals surface area contributed by atoms with Crippen LogP contribution in [0.2, 0.25) is 0 Å². The second-order valence-electron chi connectivity index (χ2n) is 4.08. The molecule has 3 rings (SSSR count). The minimum Gasteiger partial charge on any atom is -0.488 e. The fourth-order valence-electron chi connectivity index (χ4n) is 1.84. The zero-order valence-electron chi connectivity index (χ0n) is 9.63. The summed E-state index contributed by atoms with van der Waals surface area (Å²) in [7, 11) is 0. The number of fused-ring (bicyclic) bond motifs is 1. The van der Waals surface area contributed by atoms with E-state index in [1.165, 1.54) is 0 Å². The van der Waals surface area contributed by atoms with Crippen LogP contribution in [-0.2, 0) is 4.74 Å². The highest BCUT2D eigenvalue weighted by Crippen LogP contribution is 2.18. The number of hydrogen-bond donors (Lipinski definition) is 1. The molecule has 1 aromatic carbocycles. The summed E-state index contributed by atoms with van der Waals surface area (Å²) in [6.45, 7) is 0.818. The monoisotopic (exact) mass is 244 g/mol. The van der Waals surface area contributed by atoms with Crippen molar-refractivity contribution in [2.24, 2.45) is 0 Å². The van der Waals surface area contributed by atoms with Gasteiger partial charge in [-0.25, -0.2) is 4.79 Å². The number of nitrogens with zero attached hydrogens (tertiary/aromatic N) is 1. The molecule has 92 valence electrons. The molecule has 0 radical (unpaired) electrons. The van der Waals surface area contributed by atoms with Crippen LogP contribution in [0.25, 0.3) is 10.9 Å². The fourth-order valence-corrected chi connectivity index (χ4v) is 1.84. The highest BCUT2D eigenvalue weighted by atomic mass is 16.6. The average Bonchev–Trinajstić information content (AvgIpc) is 2.82. The quantitative estimate of drug-likeness (QED) is 0.893. The molecule has 1 unspecified atom stereocenters. The summed E-state index contributed by atoms with van der Waals surface area (Å²) in [5.74, 6) is 0.677. The topological polar surface area (TPSA) is 60.5 Å². The molecular formula is C13H12N2O3. The average molecular weight is 244 g/mol. The Morgan fingerprint density at radius 1 is 1.44 bits per heavy atom. The predicted octanol–water partition coefficient (Wildman–Crippen LogP) is 1.72. The molecule has 1 N–H and O–H groups in total. The van der Waals surface area contributed by atoms with Crippen molar-refractivity contribution in [1.82, 2.24) is 10.3 Å². The van der Waals surface area contributed by atoms with Gasteiger partial charge in [0, 0.05) is 5.39 Å². The lowest BCUT2D eigenvalue weighted by atomic mass is 10.2. The zero-order chi connectivity index (χ0) is 12.4. The zero-order valence-corrected chi connectivity index (χ0v) is 9.63. The maximum atomic E-state index is 10.8. The Bertz CT molecular complexity index is 585. The van der Waals surface area contributed by atoms with Gasteiger partial charge >= 0.3 is 6.09 Å². The van der Waals surface area contributed by atoms with Gasteiger partial charge in [0.1, 0.15) is 12.4 Å². The highest BCUT2D eigenvalue weighted by Gasteiger charge is 2.22. The Labute approximate surface area is 104 Å². The van der Waals surface area contributed by atoms with Gasteiger partial charge in [-0.05, 0) is 12.1 Å². The predicted molar refractivity (Wildman–Crippen MR) is 65.5 cm³/mol. The van der Waals surface area contributed by atoms with Crippen molar-refractivity contribution in [3.8, 4) is 5.75 Å².